The number of aromatic nitrogens is 2. The van der Waals surface area contributed by atoms with Crippen LogP contribution < -0.4 is 0 Å². The van der Waals surface area contributed by atoms with E-state index in [1.807, 2.05) is 0 Å². The second-order valence-electron chi connectivity index (χ2n) is 5.37. The van der Waals surface area contributed by atoms with Crippen molar-refractivity contribution in [2.75, 3.05) is 6.54 Å². The molecule has 0 radical (unpaired) electrons. The van der Waals surface area contributed by atoms with Gasteiger partial charge in [-0.1, -0.05) is 0 Å². The molecule has 0 aromatic carbocycles. The van der Waals surface area contributed by atoms with Crippen LogP contribution in [-0.2, 0) is 30.2 Å². The van der Waals surface area contributed by atoms with Gasteiger partial charge in [0.05, 0.1) is 17.9 Å². The van der Waals surface area contributed by atoms with Crippen molar-refractivity contribution in [1.82, 2.24) is 18.2 Å². The van der Waals surface area contributed by atoms with Crippen LogP contribution >= 0.6 is 0 Å². The van der Waals surface area contributed by atoms with E-state index in [9.17, 15) is 26.4 Å². The highest BCUT2D eigenvalue weighted by Crippen LogP contribution is 2.35. The molecule has 14 heteroatoms. The molecule has 2 aliphatic rings. The maximum atomic E-state index is 12.2. The van der Waals surface area contributed by atoms with Crippen LogP contribution in [0.25, 0.3) is 6.08 Å². The lowest BCUT2D eigenvalue weighted by molar-refractivity contribution is -0.149. The van der Waals surface area contributed by atoms with Gasteiger partial charge >= 0.3 is 20.6 Å². The van der Waals surface area contributed by atoms with E-state index in [4.69, 9.17) is 9.11 Å². The lowest BCUT2D eigenvalue weighted by Crippen LogP contribution is -2.68. The minimum Gasteiger partial charge on any atom is -0.325 e. The Morgan fingerprint density at radius 3 is 2.52 bits per heavy atom. The average molecular weight is 392 g/mol. The van der Waals surface area contributed by atoms with Gasteiger partial charge in [-0.05, 0) is 12.5 Å². The van der Waals surface area contributed by atoms with Crippen LogP contribution in [0.3, 0.4) is 0 Å². The van der Waals surface area contributed by atoms with Crippen LogP contribution in [0, 0.1) is 0 Å². The van der Waals surface area contributed by atoms with Crippen LogP contribution in [0.4, 0.5) is 0 Å². The van der Waals surface area contributed by atoms with Crippen molar-refractivity contribution in [2.24, 2.45) is 0 Å². The van der Waals surface area contributed by atoms with E-state index in [0.717, 1.165) is 29.6 Å². The second-order valence-corrected chi connectivity index (χ2v) is 7.95. The van der Waals surface area contributed by atoms with Gasteiger partial charge in [-0.2, -0.15) is 16.8 Å². The highest BCUT2D eigenvalue weighted by atomic mass is 32.2. The maximum absolute atomic E-state index is 12.2. The summed E-state index contributed by atoms with van der Waals surface area (Å²) in [6, 6.07) is -1.81. The van der Waals surface area contributed by atoms with Crippen molar-refractivity contribution >= 4 is 38.5 Å². The third-order valence-electron chi connectivity index (χ3n) is 3.95. The van der Waals surface area contributed by atoms with Crippen molar-refractivity contribution in [3.05, 3.63) is 24.3 Å². The number of hydrogen-bond acceptors (Lipinski definition) is 7. The minimum atomic E-state index is -4.67. The first-order valence-corrected chi connectivity index (χ1v) is 9.61. The summed E-state index contributed by atoms with van der Waals surface area (Å²) in [5, 5.41) is 0. The van der Waals surface area contributed by atoms with E-state index in [0.29, 0.717) is 8.28 Å². The lowest BCUT2D eigenvalue weighted by Gasteiger charge is -2.42. The zero-order chi connectivity index (χ0) is 18.6. The number of fused-ring (bicyclic) bond motifs is 1. The van der Waals surface area contributed by atoms with E-state index in [1.54, 1.807) is 0 Å². The van der Waals surface area contributed by atoms with Crippen molar-refractivity contribution in [1.29, 1.82) is 0 Å². The zero-order valence-corrected chi connectivity index (χ0v) is 14.0. The highest BCUT2D eigenvalue weighted by Gasteiger charge is 2.59. The van der Waals surface area contributed by atoms with Gasteiger partial charge in [-0.25, -0.2) is 13.3 Å². The number of amides is 2. The fraction of sp³-hybridized carbons (Fsp3) is 0.364. The number of likely N-dealkylation sites (tertiary alicyclic amines) is 1. The Morgan fingerprint density at radius 1 is 1.24 bits per heavy atom. The Kier molecular flexibility index (Phi) is 3.94. The first-order valence-electron chi connectivity index (χ1n) is 6.81. The minimum absolute atomic E-state index is 0.0911. The topological polar surface area (TPSA) is 167 Å². The molecule has 2 atom stereocenters. The van der Waals surface area contributed by atoms with Crippen molar-refractivity contribution in [2.45, 2.75) is 18.5 Å². The third-order valence-corrected chi connectivity index (χ3v) is 5.70. The number of carbonyl (C=O) groups is 2. The van der Waals surface area contributed by atoms with Crippen LogP contribution in [0.5, 0.6) is 0 Å². The monoisotopic (exact) mass is 392 g/mol. The van der Waals surface area contributed by atoms with Gasteiger partial charge in [-0.15, -0.1) is 0 Å². The smallest absolute Gasteiger partial charge is 0.325 e. The molecule has 0 saturated carbocycles. The molecular formula is C11H12N4O8S2. The molecule has 0 unspecified atom stereocenters. The fourth-order valence-corrected chi connectivity index (χ4v) is 4.36. The summed E-state index contributed by atoms with van der Waals surface area (Å²) in [5.74, 6) is -1.56. The number of β-lactam (4-membered cyclic amide) rings is 1. The Morgan fingerprint density at radius 2 is 1.92 bits per heavy atom. The molecule has 2 aliphatic heterocycles. The Balaban J connectivity index is 1.76. The van der Waals surface area contributed by atoms with Crippen LogP contribution in [0.1, 0.15) is 12.1 Å². The molecular weight excluding hydrogens is 380 g/mol. The quantitative estimate of drug-likeness (QED) is 0.340. The summed E-state index contributed by atoms with van der Waals surface area (Å²) in [7, 11) is -9.24. The van der Waals surface area contributed by atoms with Crippen molar-refractivity contribution in [3.63, 3.8) is 0 Å². The highest BCUT2D eigenvalue weighted by molar-refractivity contribution is 7.84. The third kappa shape index (κ3) is 2.92. The molecule has 25 heavy (non-hydrogen) atoms. The summed E-state index contributed by atoms with van der Waals surface area (Å²) in [6.45, 7) is 0.0911. The number of carbonyl (C=O) groups excluding carboxylic acids is 2. The molecule has 136 valence electrons. The van der Waals surface area contributed by atoms with E-state index in [2.05, 4.69) is 4.98 Å². The number of hydrogen-bond donors (Lipinski definition) is 2. The maximum Gasteiger partial charge on any atom is 0.365 e. The standard InChI is InChI=1S/C11H12N4O8S2/c16-9(2-1-7-5-12-6-14(7)24(18,19)20)13-4-3-8-10(13)11(17)15(8)25(21,22)23/h1-2,5-6,8,10H,3-4H2,(H,18,19,20)(H,21,22,23)/t8-,10+/m1/s1. The van der Waals surface area contributed by atoms with E-state index >= 15 is 0 Å². The molecule has 2 amide bonds. The van der Waals surface area contributed by atoms with E-state index in [-0.39, 0.29) is 18.7 Å². The fourth-order valence-electron chi connectivity index (χ4n) is 2.92. The lowest BCUT2D eigenvalue weighted by atomic mass is 10.0. The SMILES string of the molecule is O=C(C=Cc1cncn1S(=O)(=O)O)N1CC[C@@H]2[C@H]1C(=O)N2S(=O)(=O)O. The first-order chi connectivity index (χ1) is 11.5. The molecule has 3 rings (SSSR count). The summed E-state index contributed by atoms with van der Waals surface area (Å²) in [4.78, 5) is 28.7. The van der Waals surface area contributed by atoms with Gasteiger partial charge in [0.15, 0.2) is 0 Å². The molecule has 0 spiro atoms. The largest absolute Gasteiger partial charge is 0.365 e. The van der Waals surface area contributed by atoms with E-state index in [1.165, 1.54) is 0 Å². The summed E-state index contributed by atoms with van der Waals surface area (Å²) in [5.41, 5.74) is -0.0916. The second kappa shape index (κ2) is 5.62. The molecule has 0 aliphatic carbocycles. The predicted octanol–water partition coefficient (Wildman–Crippen LogP) is -1.84. The number of nitrogens with zero attached hydrogens (tertiary/aromatic N) is 4. The molecule has 0 bridgehead atoms. The molecule has 2 fully saturated rings. The van der Waals surface area contributed by atoms with Crippen LogP contribution in [0.2, 0.25) is 0 Å². The Bertz CT molecular complexity index is 979. The molecule has 1 aromatic heterocycles. The van der Waals surface area contributed by atoms with Gasteiger partial charge in [0.1, 0.15) is 12.4 Å². The Hall–Kier alpha value is -2.29. The number of rotatable bonds is 4. The van der Waals surface area contributed by atoms with Gasteiger partial charge in [-0.3, -0.25) is 18.7 Å². The summed E-state index contributed by atoms with van der Waals surface area (Å²) >= 11 is 0. The molecule has 1 aromatic rings. The van der Waals surface area contributed by atoms with Gasteiger partial charge in [0.2, 0.25) is 5.91 Å². The van der Waals surface area contributed by atoms with Crippen LogP contribution in [0.15, 0.2) is 18.6 Å². The molecule has 3 heterocycles. The summed E-state index contributed by atoms with van der Waals surface area (Å²) in [6.07, 6.45) is 4.17. The van der Waals surface area contributed by atoms with Gasteiger partial charge < -0.3 is 4.90 Å². The van der Waals surface area contributed by atoms with Crippen LogP contribution in [-0.4, -0.2) is 74.5 Å². The van der Waals surface area contributed by atoms with Gasteiger partial charge in [0, 0.05) is 12.6 Å². The predicted molar refractivity (Wildman–Crippen MR) is 80.5 cm³/mol. The molecule has 2 N–H and O–H groups in total. The average Bonchev–Trinajstić information content (AvgIpc) is 3.06. The zero-order valence-electron chi connectivity index (χ0n) is 12.3. The molecule has 12 nitrogen and oxygen atoms in total. The van der Waals surface area contributed by atoms with Crippen molar-refractivity contribution in [3.8, 4) is 0 Å². The summed E-state index contributed by atoms with van der Waals surface area (Å²) < 4.78 is 63.2. The number of imidazole rings is 1. The van der Waals surface area contributed by atoms with E-state index < -0.39 is 44.5 Å². The normalized spacial score (nSPS) is 23.8. The molecule has 2 saturated heterocycles. The Labute approximate surface area is 142 Å². The van der Waals surface area contributed by atoms with Gasteiger partial charge in [0.25, 0.3) is 5.91 Å². The van der Waals surface area contributed by atoms with Crippen molar-refractivity contribution < 1.29 is 35.5 Å². The first kappa shape index (κ1) is 17.5.